The molecule has 0 amide bonds. The van der Waals surface area contributed by atoms with Crippen LogP contribution in [0.4, 0.5) is 5.82 Å². The van der Waals surface area contributed by atoms with Gasteiger partial charge in [0.2, 0.25) is 0 Å². The van der Waals surface area contributed by atoms with Crippen molar-refractivity contribution in [1.82, 2.24) is 9.97 Å². The van der Waals surface area contributed by atoms with E-state index in [0.29, 0.717) is 5.92 Å². The number of aryl methyl sites for hydroxylation is 1. The molecule has 1 N–H and O–H groups in total. The molecule has 3 rings (SSSR count). The summed E-state index contributed by atoms with van der Waals surface area (Å²) in [5.74, 6) is 2.42. The van der Waals surface area contributed by atoms with Gasteiger partial charge in [0, 0.05) is 18.5 Å². The molecule has 1 aromatic heterocycles. The summed E-state index contributed by atoms with van der Waals surface area (Å²) in [7, 11) is 0. The van der Waals surface area contributed by atoms with Crippen LogP contribution in [0.1, 0.15) is 42.6 Å². The van der Waals surface area contributed by atoms with E-state index in [-0.39, 0.29) is 0 Å². The van der Waals surface area contributed by atoms with Gasteiger partial charge >= 0.3 is 0 Å². The highest BCUT2D eigenvalue weighted by molar-refractivity contribution is 9.10. The molecule has 1 aliphatic rings. The number of nitrogens with one attached hydrogen (secondary N) is 1. The molecule has 0 aliphatic heterocycles. The second-order valence-electron chi connectivity index (χ2n) is 5.23. The van der Waals surface area contributed by atoms with Crippen molar-refractivity contribution in [3.8, 4) is 0 Å². The van der Waals surface area contributed by atoms with Crippen LogP contribution in [0.3, 0.4) is 0 Å². The fourth-order valence-electron chi connectivity index (χ4n) is 2.14. The Morgan fingerprint density at radius 3 is 2.50 bits per heavy atom. The lowest BCUT2D eigenvalue weighted by atomic mass is 10.1. The zero-order valence-electron chi connectivity index (χ0n) is 11.6. The predicted octanol–water partition coefficient (Wildman–Crippen LogP) is 4.29. The van der Waals surface area contributed by atoms with Gasteiger partial charge < -0.3 is 5.32 Å². The minimum absolute atomic E-state index is 0.567. The standard InChI is InChI=1S/C16H18BrN3/c1-2-11-3-5-12(6-4-11)10-18-15-9-14(17)19-16(20-15)13-7-8-13/h3-6,9,13H,2,7-8,10H2,1H3,(H,18,19,20). The number of hydrogen-bond acceptors (Lipinski definition) is 3. The average molecular weight is 332 g/mol. The second-order valence-corrected chi connectivity index (χ2v) is 6.04. The van der Waals surface area contributed by atoms with Crippen molar-refractivity contribution >= 4 is 21.7 Å². The minimum atomic E-state index is 0.567. The third-order valence-electron chi connectivity index (χ3n) is 3.56. The average Bonchev–Trinajstić information content (AvgIpc) is 3.30. The summed E-state index contributed by atoms with van der Waals surface area (Å²) in [5.41, 5.74) is 2.64. The van der Waals surface area contributed by atoms with E-state index >= 15 is 0 Å². The van der Waals surface area contributed by atoms with E-state index < -0.39 is 0 Å². The highest BCUT2D eigenvalue weighted by atomic mass is 79.9. The van der Waals surface area contributed by atoms with E-state index in [2.05, 4.69) is 62.4 Å². The molecule has 1 fully saturated rings. The molecule has 0 radical (unpaired) electrons. The quantitative estimate of drug-likeness (QED) is 0.830. The van der Waals surface area contributed by atoms with Gasteiger partial charge in [-0.05, 0) is 46.3 Å². The third kappa shape index (κ3) is 3.37. The number of hydrogen-bond donors (Lipinski definition) is 1. The predicted molar refractivity (Wildman–Crippen MR) is 84.9 cm³/mol. The topological polar surface area (TPSA) is 37.8 Å². The van der Waals surface area contributed by atoms with Crippen molar-refractivity contribution in [3.63, 3.8) is 0 Å². The molecule has 0 saturated heterocycles. The molecule has 104 valence electrons. The number of aromatic nitrogens is 2. The largest absolute Gasteiger partial charge is 0.366 e. The molecule has 0 bridgehead atoms. The van der Waals surface area contributed by atoms with Crippen molar-refractivity contribution in [3.05, 3.63) is 51.9 Å². The lowest BCUT2D eigenvalue weighted by Gasteiger charge is -2.08. The first-order chi connectivity index (χ1) is 9.74. The van der Waals surface area contributed by atoms with Crippen LogP contribution in [0.15, 0.2) is 34.9 Å². The molecule has 2 aromatic rings. The van der Waals surface area contributed by atoms with E-state index in [1.807, 2.05) is 6.07 Å². The Balaban J connectivity index is 1.67. The van der Waals surface area contributed by atoms with E-state index in [9.17, 15) is 0 Å². The van der Waals surface area contributed by atoms with Crippen molar-refractivity contribution in [2.75, 3.05) is 5.32 Å². The van der Waals surface area contributed by atoms with Crippen LogP contribution < -0.4 is 5.32 Å². The number of nitrogens with zero attached hydrogens (tertiary/aromatic N) is 2. The van der Waals surface area contributed by atoms with Crippen molar-refractivity contribution < 1.29 is 0 Å². The Morgan fingerprint density at radius 1 is 1.15 bits per heavy atom. The first-order valence-electron chi connectivity index (χ1n) is 7.11. The molecular formula is C16H18BrN3. The van der Waals surface area contributed by atoms with Gasteiger partial charge in [0.1, 0.15) is 16.2 Å². The molecule has 0 unspecified atom stereocenters. The van der Waals surface area contributed by atoms with Crippen LogP contribution >= 0.6 is 15.9 Å². The summed E-state index contributed by atoms with van der Waals surface area (Å²) >= 11 is 3.46. The Bertz CT molecular complexity index is 591. The molecule has 3 nitrogen and oxygen atoms in total. The van der Waals surface area contributed by atoms with Gasteiger partial charge in [-0.25, -0.2) is 9.97 Å². The number of benzene rings is 1. The smallest absolute Gasteiger partial charge is 0.135 e. The normalized spacial score (nSPS) is 14.3. The Kier molecular flexibility index (Phi) is 4.01. The molecule has 1 aliphatic carbocycles. The summed E-state index contributed by atoms with van der Waals surface area (Å²) in [6.07, 6.45) is 3.51. The molecule has 1 aromatic carbocycles. The van der Waals surface area contributed by atoms with Gasteiger partial charge in [0.05, 0.1) is 0 Å². The van der Waals surface area contributed by atoms with Crippen LogP contribution in [-0.4, -0.2) is 9.97 Å². The highest BCUT2D eigenvalue weighted by Crippen LogP contribution is 2.38. The molecule has 0 atom stereocenters. The minimum Gasteiger partial charge on any atom is -0.366 e. The SMILES string of the molecule is CCc1ccc(CNc2cc(Br)nc(C3CC3)n2)cc1. The maximum Gasteiger partial charge on any atom is 0.135 e. The first kappa shape index (κ1) is 13.6. The van der Waals surface area contributed by atoms with Crippen LogP contribution in [0, 0.1) is 0 Å². The second kappa shape index (κ2) is 5.92. The number of anilines is 1. The Hall–Kier alpha value is -1.42. The van der Waals surface area contributed by atoms with Gasteiger partial charge in [-0.3, -0.25) is 0 Å². The highest BCUT2D eigenvalue weighted by Gasteiger charge is 2.27. The molecule has 20 heavy (non-hydrogen) atoms. The lowest BCUT2D eigenvalue weighted by molar-refractivity contribution is 0.910. The van der Waals surface area contributed by atoms with Gasteiger partial charge in [0.25, 0.3) is 0 Å². The van der Waals surface area contributed by atoms with E-state index in [0.717, 1.165) is 29.2 Å². The van der Waals surface area contributed by atoms with Crippen molar-refractivity contribution in [2.24, 2.45) is 0 Å². The number of rotatable bonds is 5. The zero-order chi connectivity index (χ0) is 13.9. The van der Waals surface area contributed by atoms with E-state index in [4.69, 9.17) is 0 Å². The molecule has 0 spiro atoms. The van der Waals surface area contributed by atoms with Gasteiger partial charge in [-0.1, -0.05) is 31.2 Å². The number of halogens is 1. The van der Waals surface area contributed by atoms with E-state index in [1.54, 1.807) is 0 Å². The summed E-state index contributed by atoms with van der Waals surface area (Å²) in [4.78, 5) is 9.03. The maximum atomic E-state index is 4.59. The van der Waals surface area contributed by atoms with Crippen LogP contribution in [0.2, 0.25) is 0 Å². The van der Waals surface area contributed by atoms with Crippen LogP contribution in [0.25, 0.3) is 0 Å². The van der Waals surface area contributed by atoms with Crippen LogP contribution in [-0.2, 0) is 13.0 Å². The molecular weight excluding hydrogens is 314 g/mol. The van der Waals surface area contributed by atoms with Gasteiger partial charge in [-0.2, -0.15) is 0 Å². The van der Waals surface area contributed by atoms with Crippen molar-refractivity contribution in [2.45, 2.75) is 38.6 Å². The van der Waals surface area contributed by atoms with Gasteiger partial charge in [0.15, 0.2) is 0 Å². The zero-order valence-corrected chi connectivity index (χ0v) is 13.2. The Labute approximate surface area is 128 Å². The van der Waals surface area contributed by atoms with Crippen LogP contribution in [0.5, 0.6) is 0 Å². The lowest BCUT2D eigenvalue weighted by Crippen LogP contribution is -2.04. The summed E-state index contributed by atoms with van der Waals surface area (Å²) in [6, 6.07) is 10.6. The molecule has 1 saturated carbocycles. The summed E-state index contributed by atoms with van der Waals surface area (Å²) in [5, 5.41) is 3.38. The maximum absolute atomic E-state index is 4.59. The fourth-order valence-corrected chi connectivity index (χ4v) is 2.53. The monoisotopic (exact) mass is 331 g/mol. The Morgan fingerprint density at radius 2 is 1.85 bits per heavy atom. The van der Waals surface area contributed by atoms with Crippen molar-refractivity contribution in [1.29, 1.82) is 0 Å². The van der Waals surface area contributed by atoms with Gasteiger partial charge in [-0.15, -0.1) is 0 Å². The third-order valence-corrected chi connectivity index (χ3v) is 3.97. The van der Waals surface area contributed by atoms with E-state index in [1.165, 1.54) is 24.0 Å². The fraction of sp³-hybridized carbons (Fsp3) is 0.375. The summed E-state index contributed by atoms with van der Waals surface area (Å²) in [6.45, 7) is 2.96. The summed E-state index contributed by atoms with van der Waals surface area (Å²) < 4.78 is 0.859. The molecule has 1 heterocycles. The molecule has 4 heteroatoms. The first-order valence-corrected chi connectivity index (χ1v) is 7.90.